The average molecular weight is 236 g/mol. The highest BCUT2D eigenvalue weighted by atomic mass is 35.5. The number of halogens is 1. The quantitative estimate of drug-likeness (QED) is 0.883. The molecule has 1 aromatic carbocycles. The Labute approximate surface area is 100 Å². The van der Waals surface area contributed by atoms with Crippen LogP contribution < -0.4 is 5.32 Å². The second kappa shape index (κ2) is 5.03. The fourth-order valence-electron chi connectivity index (χ4n) is 1.45. The molecule has 1 aromatic heterocycles. The number of nitrogens with zero attached hydrogens (tertiary/aromatic N) is 2. The van der Waals surface area contributed by atoms with E-state index < -0.39 is 0 Å². The van der Waals surface area contributed by atoms with Crippen LogP contribution >= 0.6 is 11.6 Å². The van der Waals surface area contributed by atoms with Crippen LogP contribution in [0.1, 0.15) is 5.56 Å². The normalized spacial score (nSPS) is 10.4. The molecule has 2 aromatic rings. The van der Waals surface area contributed by atoms with Crippen LogP contribution in [0.25, 0.3) is 0 Å². The van der Waals surface area contributed by atoms with E-state index in [4.69, 9.17) is 11.6 Å². The zero-order valence-corrected chi connectivity index (χ0v) is 9.91. The Hall–Kier alpha value is -1.48. The third-order valence-corrected chi connectivity index (χ3v) is 2.52. The van der Waals surface area contributed by atoms with Crippen molar-refractivity contribution < 1.29 is 0 Å². The molecule has 0 saturated carbocycles. The lowest BCUT2D eigenvalue weighted by Crippen LogP contribution is -2.10. The van der Waals surface area contributed by atoms with Crippen LogP contribution in [0.5, 0.6) is 0 Å². The first-order valence-electron chi connectivity index (χ1n) is 5.22. The highest BCUT2D eigenvalue weighted by molar-refractivity contribution is 6.30. The first-order valence-corrected chi connectivity index (χ1v) is 5.60. The van der Waals surface area contributed by atoms with Crippen molar-refractivity contribution in [3.63, 3.8) is 0 Å². The molecule has 0 unspecified atom stereocenters. The summed E-state index contributed by atoms with van der Waals surface area (Å²) < 4.78 is 1.82. The monoisotopic (exact) mass is 235 g/mol. The standard InChI is InChI=1S/C12H14ClN3/c1-10-2-4-12(5-3-10)14-6-7-16-9-11(13)8-15-16/h2-5,8-9,14H,6-7H2,1H3. The molecule has 16 heavy (non-hydrogen) atoms. The van der Waals surface area contributed by atoms with Gasteiger partial charge in [0, 0.05) is 18.4 Å². The van der Waals surface area contributed by atoms with Gasteiger partial charge in [-0.2, -0.15) is 5.10 Å². The highest BCUT2D eigenvalue weighted by Gasteiger charge is 1.95. The van der Waals surface area contributed by atoms with Crippen LogP contribution in [0, 0.1) is 6.92 Å². The Balaban J connectivity index is 1.82. The molecule has 0 aliphatic carbocycles. The molecule has 0 spiro atoms. The van der Waals surface area contributed by atoms with E-state index >= 15 is 0 Å². The molecule has 84 valence electrons. The SMILES string of the molecule is Cc1ccc(NCCn2cc(Cl)cn2)cc1. The second-order valence-electron chi connectivity index (χ2n) is 3.71. The van der Waals surface area contributed by atoms with E-state index in [1.165, 1.54) is 5.56 Å². The first kappa shape index (κ1) is 11.0. The summed E-state index contributed by atoms with van der Waals surface area (Å²) in [6.45, 7) is 3.72. The molecule has 1 heterocycles. The van der Waals surface area contributed by atoms with Crippen molar-refractivity contribution in [2.45, 2.75) is 13.5 Å². The van der Waals surface area contributed by atoms with Crippen LogP contribution in [0.2, 0.25) is 5.02 Å². The van der Waals surface area contributed by atoms with E-state index in [0.29, 0.717) is 5.02 Å². The molecule has 0 amide bonds. The molecule has 1 N–H and O–H groups in total. The van der Waals surface area contributed by atoms with Gasteiger partial charge in [0.25, 0.3) is 0 Å². The van der Waals surface area contributed by atoms with E-state index in [1.807, 2.05) is 10.9 Å². The lowest BCUT2D eigenvalue weighted by molar-refractivity contribution is 0.638. The van der Waals surface area contributed by atoms with Crippen molar-refractivity contribution in [3.05, 3.63) is 47.2 Å². The topological polar surface area (TPSA) is 29.9 Å². The van der Waals surface area contributed by atoms with Gasteiger partial charge in [0.1, 0.15) is 0 Å². The van der Waals surface area contributed by atoms with Crippen LogP contribution in [0.4, 0.5) is 5.69 Å². The smallest absolute Gasteiger partial charge is 0.0785 e. The molecule has 0 aliphatic heterocycles. The summed E-state index contributed by atoms with van der Waals surface area (Å²) >= 11 is 5.77. The summed E-state index contributed by atoms with van der Waals surface area (Å²) in [5.74, 6) is 0. The Kier molecular flexibility index (Phi) is 3.47. The fourth-order valence-corrected chi connectivity index (χ4v) is 1.60. The summed E-state index contributed by atoms with van der Waals surface area (Å²) in [5.41, 5.74) is 2.40. The number of benzene rings is 1. The van der Waals surface area contributed by atoms with Crippen molar-refractivity contribution in [1.82, 2.24) is 9.78 Å². The average Bonchev–Trinajstić information content (AvgIpc) is 2.67. The number of hydrogen-bond acceptors (Lipinski definition) is 2. The van der Waals surface area contributed by atoms with E-state index in [-0.39, 0.29) is 0 Å². The maximum absolute atomic E-state index is 5.77. The molecule has 3 nitrogen and oxygen atoms in total. The lowest BCUT2D eigenvalue weighted by atomic mass is 10.2. The van der Waals surface area contributed by atoms with Crippen LogP contribution in [0.15, 0.2) is 36.7 Å². The molecule has 0 atom stereocenters. The van der Waals surface area contributed by atoms with Crippen molar-refractivity contribution in [2.24, 2.45) is 0 Å². The number of aryl methyl sites for hydroxylation is 1. The van der Waals surface area contributed by atoms with E-state index in [9.17, 15) is 0 Å². The minimum Gasteiger partial charge on any atom is -0.383 e. The molecule has 0 radical (unpaired) electrons. The highest BCUT2D eigenvalue weighted by Crippen LogP contribution is 2.08. The number of rotatable bonds is 4. The molecule has 0 fully saturated rings. The summed E-state index contributed by atoms with van der Waals surface area (Å²) in [6.07, 6.45) is 3.46. The fraction of sp³-hybridized carbons (Fsp3) is 0.250. The molecule has 0 bridgehead atoms. The third-order valence-electron chi connectivity index (χ3n) is 2.32. The van der Waals surface area contributed by atoms with Crippen molar-refractivity contribution in [2.75, 3.05) is 11.9 Å². The van der Waals surface area contributed by atoms with Gasteiger partial charge in [-0.1, -0.05) is 29.3 Å². The molecule has 4 heteroatoms. The number of hydrogen-bond donors (Lipinski definition) is 1. The number of anilines is 1. The molecular formula is C12H14ClN3. The van der Waals surface area contributed by atoms with Crippen molar-refractivity contribution in [3.8, 4) is 0 Å². The maximum Gasteiger partial charge on any atom is 0.0785 e. The molecule has 0 saturated heterocycles. The number of nitrogens with one attached hydrogen (secondary N) is 1. The molecule has 0 aliphatic rings. The van der Waals surface area contributed by atoms with Gasteiger partial charge in [-0.05, 0) is 19.1 Å². The van der Waals surface area contributed by atoms with Crippen LogP contribution in [-0.4, -0.2) is 16.3 Å². The van der Waals surface area contributed by atoms with Gasteiger partial charge in [-0.15, -0.1) is 0 Å². The Morgan fingerprint density at radius 2 is 2.06 bits per heavy atom. The van der Waals surface area contributed by atoms with E-state index in [2.05, 4.69) is 41.6 Å². The Morgan fingerprint density at radius 1 is 1.31 bits per heavy atom. The lowest BCUT2D eigenvalue weighted by Gasteiger charge is -2.06. The predicted molar refractivity (Wildman–Crippen MR) is 66.9 cm³/mol. The van der Waals surface area contributed by atoms with Crippen molar-refractivity contribution in [1.29, 1.82) is 0 Å². The zero-order chi connectivity index (χ0) is 11.4. The minimum absolute atomic E-state index is 0.676. The molecular weight excluding hydrogens is 222 g/mol. The van der Waals surface area contributed by atoms with Gasteiger partial charge in [0.05, 0.1) is 17.8 Å². The van der Waals surface area contributed by atoms with Crippen LogP contribution in [-0.2, 0) is 6.54 Å². The van der Waals surface area contributed by atoms with Gasteiger partial charge < -0.3 is 5.32 Å². The summed E-state index contributed by atoms with van der Waals surface area (Å²) in [4.78, 5) is 0. The van der Waals surface area contributed by atoms with Gasteiger partial charge >= 0.3 is 0 Å². The van der Waals surface area contributed by atoms with Gasteiger partial charge in [-0.3, -0.25) is 4.68 Å². The largest absolute Gasteiger partial charge is 0.383 e. The van der Waals surface area contributed by atoms with Gasteiger partial charge in [0.15, 0.2) is 0 Å². The predicted octanol–water partition coefficient (Wildman–Crippen LogP) is 2.96. The molecule has 2 rings (SSSR count). The zero-order valence-electron chi connectivity index (χ0n) is 9.15. The summed E-state index contributed by atoms with van der Waals surface area (Å²) in [5, 5.41) is 8.11. The van der Waals surface area contributed by atoms with E-state index in [1.54, 1.807) is 6.20 Å². The Morgan fingerprint density at radius 3 is 2.69 bits per heavy atom. The number of aromatic nitrogens is 2. The second-order valence-corrected chi connectivity index (χ2v) is 4.15. The van der Waals surface area contributed by atoms with Gasteiger partial charge in [-0.25, -0.2) is 0 Å². The van der Waals surface area contributed by atoms with E-state index in [0.717, 1.165) is 18.8 Å². The van der Waals surface area contributed by atoms with Crippen LogP contribution in [0.3, 0.4) is 0 Å². The van der Waals surface area contributed by atoms with Gasteiger partial charge in [0.2, 0.25) is 0 Å². The minimum atomic E-state index is 0.676. The third kappa shape index (κ3) is 3.00. The summed E-state index contributed by atoms with van der Waals surface area (Å²) in [6, 6.07) is 8.33. The summed E-state index contributed by atoms with van der Waals surface area (Å²) in [7, 11) is 0. The first-order chi connectivity index (χ1) is 7.74. The Bertz CT molecular complexity index is 448. The van der Waals surface area contributed by atoms with Crippen molar-refractivity contribution >= 4 is 17.3 Å². The maximum atomic E-state index is 5.77.